The zero-order valence-electron chi connectivity index (χ0n) is 11.8. The standard InChI is InChI=1S/2C8H14/c1-5-6-8(4)7(2)3;1-4-7-8(5-2)6-3/h5H,1,6H2,2-4H3;4-5H,1,6-7H2,2-3H3. The molecule has 0 aromatic rings. The Balaban J connectivity index is 0. The van der Waals surface area contributed by atoms with Gasteiger partial charge in [-0.2, -0.15) is 0 Å². The summed E-state index contributed by atoms with van der Waals surface area (Å²) in [6.45, 7) is 17.9. The Hall–Kier alpha value is -1.04. The van der Waals surface area contributed by atoms with Crippen molar-refractivity contribution in [1.29, 1.82) is 0 Å². The van der Waals surface area contributed by atoms with Gasteiger partial charge in [0.1, 0.15) is 0 Å². The minimum Gasteiger partial charge on any atom is -0.103 e. The summed E-state index contributed by atoms with van der Waals surface area (Å²) in [5.41, 5.74) is 4.31. The Labute approximate surface area is 102 Å². The molecule has 0 aromatic carbocycles. The Morgan fingerprint density at radius 1 is 1.00 bits per heavy atom. The maximum atomic E-state index is 3.66. The van der Waals surface area contributed by atoms with Gasteiger partial charge in [0.25, 0.3) is 0 Å². The molecule has 0 nitrogen and oxygen atoms in total. The molecule has 0 aliphatic carbocycles. The first-order valence-electron chi connectivity index (χ1n) is 6.02. The van der Waals surface area contributed by atoms with E-state index in [0.29, 0.717) is 0 Å². The summed E-state index contributed by atoms with van der Waals surface area (Å²) in [4.78, 5) is 0. The van der Waals surface area contributed by atoms with Crippen molar-refractivity contribution in [2.45, 2.75) is 53.9 Å². The first-order chi connectivity index (χ1) is 7.53. The molecule has 0 saturated carbocycles. The fraction of sp³-hybridized carbons (Fsp3) is 0.500. The summed E-state index contributed by atoms with van der Waals surface area (Å²) in [5.74, 6) is 0. The van der Waals surface area contributed by atoms with E-state index < -0.39 is 0 Å². The lowest BCUT2D eigenvalue weighted by atomic mass is 10.1. The maximum Gasteiger partial charge on any atom is -0.0142 e. The van der Waals surface area contributed by atoms with E-state index in [0.717, 1.165) is 19.3 Å². The average molecular weight is 220 g/mol. The van der Waals surface area contributed by atoms with Crippen molar-refractivity contribution >= 4 is 0 Å². The van der Waals surface area contributed by atoms with Gasteiger partial charge < -0.3 is 0 Å². The molecule has 0 spiro atoms. The van der Waals surface area contributed by atoms with E-state index in [4.69, 9.17) is 0 Å². The molecule has 0 amide bonds. The summed E-state index contributed by atoms with van der Waals surface area (Å²) in [6, 6.07) is 0. The van der Waals surface area contributed by atoms with Gasteiger partial charge in [-0.05, 0) is 47.0 Å². The summed E-state index contributed by atoms with van der Waals surface area (Å²) in [7, 11) is 0. The second-order valence-electron chi connectivity index (χ2n) is 4.07. The zero-order valence-corrected chi connectivity index (χ0v) is 11.8. The molecule has 0 radical (unpaired) electrons. The second kappa shape index (κ2) is 12.0. The van der Waals surface area contributed by atoms with Crippen molar-refractivity contribution in [3.05, 3.63) is 48.1 Å². The molecule has 0 bridgehead atoms. The molecule has 0 aliphatic rings. The van der Waals surface area contributed by atoms with Gasteiger partial charge in [0.2, 0.25) is 0 Å². The van der Waals surface area contributed by atoms with E-state index in [1.165, 1.54) is 16.7 Å². The molecule has 0 N–H and O–H groups in total. The average Bonchev–Trinajstić information content (AvgIpc) is 2.27. The molecule has 0 aliphatic heterocycles. The van der Waals surface area contributed by atoms with Gasteiger partial charge in [-0.1, -0.05) is 41.9 Å². The van der Waals surface area contributed by atoms with Crippen LogP contribution in [0, 0.1) is 0 Å². The van der Waals surface area contributed by atoms with Gasteiger partial charge in [-0.15, -0.1) is 13.2 Å². The Kier molecular flexibility index (Phi) is 13.1. The Bertz CT molecular complexity index is 247. The van der Waals surface area contributed by atoms with Crippen molar-refractivity contribution in [2.75, 3.05) is 0 Å². The lowest BCUT2D eigenvalue weighted by molar-refractivity contribution is 1.03. The summed E-state index contributed by atoms with van der Waals surface area (Å²) in [6.07, 6.45) is 9.26. The first-order valence-corrected chi connectivity index (χ1v) is 6.02. The van der Waals surface area contributed by atoms with Crippen LogP contribution in [0.4, 0.5) is 0 Å². The fourth-order valence-electron chi connectivity index (χ4n) is 1.07. The van der Waals surface area contributed by atoms with Crippen LogP contribution in [0.5, 0.6) is 0 Å². The van der Waals surface area contributed by atoms with Gasteiger partial charge in [0.15, 0.2) is 0 Å². The largest absolute Gasteiger partial charge is 0.103 e. The van der Waals surface area contributed by atoms with Crippen LogP contribution < -0.4 is 0 Å². The second-order valence-corrected chi connectivity index (χ2v) is 4.07. The van der Waals surface area contributed by atoms with Crippen molar-refractivity contribution in [3.8, 4) is 0 Å². The lowest BCUT2D eigenvalue weighted by Gasteiger charge is -1.95. The molecule has 0 heterocycles. The van der Waals surface area contributed by atoms with Crippen molar-refractivity contribution in [3.63, 3.8) is 0 Å². The highest BCUT2D eigenvalue weighted by molar-refractivity contribution is 5.09. The molecule has 16 heavy (non-hydrogen) atoms. The lowest BCUT2D eigenvalue weighted by Crippen LogP contribution is -1.75. The van der Waals surface area contributed by atoms with Gasteiger partial charge in [-0.3, -0.25) is 0 Å². The summed E-state index contributed by atoms with van der Waals surface area (Å²) >= 11 is 0. The zero-order chi connectivity index (χ0) is 13.0. The van der Waals surface area contributed by atoms with Crippen LogP contribution >= 0.6 is 0 Å². The summed E-state index contributed by atoms with van der Waals surface area (Å²) in [5, 5.41) is 0. The van der Waals surface area contributed by atoms with Crippen LogP contribution in [0.25, 0.3) is 0 Å². The van der Waals surface area contributed by atoms with E-state index in [-0.39, 0.29) is 0 Å². The number of rotatable bonds is 5. The van der Waals surface area contributed by atoms with E-state index in [1.54, 1.807) is 0 Å². The molecular weight excluding hydrogens is 192 g/mol. The molecule has 0 rings (SSSR count). The van der Waals surface area contributed by atoms with E-state index >= 15 is 0 Å². The van der Waals surface area contributed by atoms with E-state index in [2.05, 4.69) is 53.9 Å². The number of allylic oxidation sites excluding steroid dienone is 6. The number of hydrogen-bond acceptors (Lipinski definition) is 0. The highest BCUT2D eigenvalue weighted by atomic mass is 13.9. The molecule has 92 valence electrons. The molecule has 0 aromatic heterocycles. The highest BCUT2D eigenvalue weighted by Gasteiger charge is 1.85. The van der Waals surface area contributed by atoms with Crippen molar-refractivity contribution in [1.82, 2.24) is 0 Å². The molecule has 0 atom stereocenters. The minimum absolute atomic E-state index is 1.03. The third-order valence-electron chi connectivity index (χ3n) is 2.57. The highest BCUT2D eigenvalue weighted by Crippen LogP contribution is 2.06. The van der Waals surface area contributed by atoms with E-state index in [9.17, 15) is 0 Å². The predicted molar refractivity (Wildman–Crippen MR) is 77.7 cm³/mol. The van der Waals surface area contributed by atoms with Crippen LogP contribution in [-0.2, 0) is 0 Å². The topological polar surface area (TPSA) is 0 Å². The van der Waals surface area contributed by atoms with Crippen molar-refractivity contribution < 1.29 is 0 Å². The quantitative estimate of drug-likeness (QED) is 0.511. The van der Waals surface area contributed by atoms with Crippen LogP contribution in [0.3, 0.4) is 0 Å². The maximum absolute atomic E-state index is 3.66. The van der Waals surface area contributed by atoms with Gasteiger partial charge in [0.05, 0.1) is 0 Å². The monoisotopic (exact) mass is 220 g/mol. The Morgan fingerprint density at radius 3 is 1.62 bits per heavy atom. The van der Waals surface area contributed by atoms with E-state index in [1.807, 2.05) is 12.2 Å². The molecule has 0 fully saturated rings. The van der Waals surface area contributed by atoms with Gasteiger partial charge in [0, 0.05) is 0 Å². The van der Waals surface area contributed by atoms with Crippen molar-refractivity contribution in [2.24, 2.45) is 0 Å². The first kappa shape index (κ1) is 17.4. The minimum atomic E-state index is 1.03. The van der Waals surface area contributed by atoms with Gasteiger partial charge >= 0.3 is 0 Å². The normalized spacial score (nSPS) is 9.94. The Morgan fingerprint density at radius 2 is 1.50 bits per heavy atom. The van der Waals surface area contributed by atoms with Crippen LogP contribution in [0.15, 0.2) is 48.1 Å². The smallest absolute Gasteiger partial charge is 0.0142 e. The van der Waals surface area contributed by atoms with Crippen LogP contribution in [0.1, 0.15) is 53.9 Å². The predicted octanol–water partition coefficient (Wildman–Crippen LogP) is 5.84. The molecular formula is C16H28. The molecule has 0 saturated heterocycles. The SMILES string of the molecule is C=CCC(=CC)CC.C=CCC(C)=C(C)C. The van der Waals surface area contributed by atoms with Gasteiger partial charge in [-0.25, -0.2) is 0 Å². The van der Waals surface area contributed by atoms with Crippen LogP contribution in [0.2, 0.25) is 0 Å². The number of hydrogen-bond donors (Lipinski definition) is 0. The third-order valence-corrected chi connectivity index (χ3v) is 2.57. The third kappa shape index (κ3) is 11.0. The summed E-state index contributed by atoms with van der Waals surface area (Å²) < 4.78 is 0. The molecule has 0 unspecified atom stereocenters. The fourth-order valence-corrected chi connectivity index (χ4v) is 1.07. The molecule has 0 heteroatoms. The van der Waals surface area contributed by atoms with Crippen LogP contribution in [-0.4, -0.2) is 0 Å².